The monoisotopic (exact) mass is 302 g/mol. The van der Waals surface area contributed by atoms with Gasteiger partial charge in [0.05, 0.1) is 22.7 Å². The maximum atomic E-state index is 9.77. The second-order valence-electron chi connectivity index (χ2n) is 4.22. The summed E-state index contributed by atoms with van der Waals surface area (Å²) in [4.78, 5) is 9.21. The van der Waals surface area contributed by atoms with Crippen LogP contribution in [0.5, 0.6) is 0 Å². The number of aliphatic hydroxyl groups is 1. The number of hydrogen-bond acceptors (Lipinski definition) is 3. The quantitative estimate of drug-likeness (QED) is 0.699. The molecule has 1 N–H and O–H groups in total. The smallest absolute Gasteiger partial charge is 0.104 e. The van der Waals surface area contributed by atoms with Crippen molar-refractivity contribution in [3.05, 3.63) is 46.4 Å². The van der Waals surface area contributed by atoms with Gasteiger partial charge >= 0.3 is 0 Å². The summed E-state index contributed by atoms with van der Waals surface area (Å²) in [5, 5.41) is 9.77. The molecular weight excluding hydrogens is 292 g/mol. The van der Waals surface area contributed by atoms with Crippen LogP contribution in [0, 0.1) is 0 Å². The van der Waals surface area contributed by atoms with Gasteiger partial charge in [-0.25, -0.2) is 9.97 Å². The fourth-order valence-electron chi connectivity index (χ4n) is 2.04. The van der Waals surface area contributed by atoms with Crippen LogP contribution >= 0.6 is 15.9 Å². The van der Waals surface area contributed by atoms with Crippen LogP contribution in [0.3, 0.4) is 0 Å². The Morgan fingerprint density at radius 2 is 1.61 bits per heavy atom. The summed E-state index contributed by atoms with van der Waals surface area (Å²) >= 11 is 3.48. The number of halogens is 1. The van der Waals surface area contributed by atoms with Crippen LogP contribution in [0.4, 0.5) is 0 Å². The first-order chi connectivity index (χ1) is 8.66. The van der Waals surface area contributed by atoms with Gasteiger partial charge < -0.3 is 5.11 Å². The molecule has 0 unspecified atom stereocenters. The van der Waals surface area contributed by atoms with E-state index in [1.807, 2.05) is 36.4 Å². The molecule has 0 spiro atoms. The largest absolute Gasteiger partial charge is 0.389 e. The molecule has 0 saturated carbocycles. The molecule has 4 heteroatoms. The van der Waals surface area contributed by atoms with Gasteiger partial charge in [0.2, 0.25) is 0 Å². The molecule has 90 valence electrons. The lowest BCUT2D eigenvalue weighted by atomic mass is 10.1. The highest BCUT2D eigenvalue weighted by atomic mass is 79.9. The zero-order valence-corrected chi connectivity index (χ0v) is 11.3. The third-order valence-corrected chi connectivity index (χ3v) is 3.57. The Hall–Kier alpha value is -1.52. The third kappa shape index (κ3) is 1.78. The zero-order chi connectivity index (χ0) is 12.7. The van der Waals surface area contributed by atoms with Gasteiger partial charge in [0, 0.05) is 10.0 Å². The van der Waals surface area contributed by atoms with Crippen molar-refractivity contribution in [1.29, 1.82) is 0 Å². The van der Waals surface area contributed by atoms with Crippen molar-refractivity contribution >= 4 is 38.0 Å². The number of hydrogen-bond donors (Lipinski definition) is 1. The number of para-hydroxylation sites is 2. The maximum absolute atomic E-state index is 9.77. The molecule has 0 amide bonds. The van der Waals surface area contributed by atoms with E-state index >= 15 is 0 Å². The average Bonchev–Trinajstić information content (AvgIpc) is 2.36. The fraction of sp³-hybridized carbons (Fsp3) is 0.143. The van der Waals surface area contributed by atoms with Crippen molar-refractivity contribution in [1.82, 2.24) is 9.97 Å². The Kier molecular flexibility index (Phi) is 2.76. The van der Waals surface area contributed by atoms with Gasteiger partial charge in [-0.3, -0.25) is 0 Å². The van der Waals surface area contributed by atoms with Crippen molar-refractivity contribution in [3.63, 3.8) is 0 Å². The summed E-state index contributed by atoms with van der Waals surface area (Å²) in [5.41, 5.74) is 4.03. The topological polar surface area (TPSA) is 46.0 Å². The van der Waals surface area contributed by atoms with Crippen molar-refractivity contribution < 1.29 is 5.11 Å². The van der Waals surface area contributed by atoms with Crippen molar-refractivity contribution in [2.45, 2.75) is 13.0 Å². The van der Waals surface area contributed by atoms with Crippen molar-refractivity contribution in [3.8, 4) is 0 Å². The van der Waals surface area contributed by atoms with Gasteiger partial charge in [0.15, 0.2) is 0 Å². The van der Waals surface area contributed by atoms with Gasteiger partial charge in [-0.05, 0) is 41.1 Å². The van der Waals surface area contributed by atoms with E-state index in [1.165, 1.54) is 0 Å². The highest BCUT2D eigenvalue weighted by molar-refractivity contribution is 9.10. The van der Waals surface area contributed by atoms with E-state index in [-0.39, 0.29) is 0 Å². The molecule has 0 saturated heterocycles. The molecular formula is C14H11BrN2O. The third-order valence-electron chi connectivity index (χ3n) is 2.93. The van der Waals surface area contributed by atoms with Crippen LogP contribution in [-0.4, -0.2) is 15.1 Å². The summed E-state index contributed by atoms with van der Waals surface area (Å²) in [6.07, 6.45) is -0.549. The first kappa shape index (κ1) is 11.6. The highest BCUT2D eigenvalue weighted by Gasteiger charge is 2.10. The van der Waals surface area contributed by atoms with Gasteiger partial charge in [0.25, 0.3) is 0 Å². The van der Waals surface area contributed by atoms with Gasteiger partial charge in [-0.15, -0.1) is 0 Å². The SMILES string of the molecule is C[C@@H](O)c1cccc2nc3c(Br)cccc3nc12. The van der Waals surface area contributed by atoms with Gasteiger partial charge in [-0.2, -0.15) is 0 Å². The molecule has 1 atom stereocenters. The maximum Gasteiger partial charge on any atom is 0.104 e. The van der Waals surface area contributed by atoms with Crippen LogP contribution in [0.1, 0.15) is 18.6 Å². The summed E-state index contributed by atoms with van der Waals surface area (Å²) in [6, 6.07) is 11.5. The predicted molar refractivity (Wildman–Crippen MR) is 75.4 cm³/mol. The van der Waals surface area contributed by atoms with Crippen LogP contribution in [0.25, 0.3) is 22.1 Å². The zero-order valence-electron chi connectivity index (χ0n) is 9.76. The molecule has 0 aliphatic rings. The molecule has 1 heterocycles. The molecule has 0 aliphatic heterocycles. The van der Waals surface area contributed by atoms with Crippen molar-refractivity contribution in [2.75, 3.05) is 0 Å². The molecule has 0 fully saturated rings. The minimum atomic E-state index is -0.549. The molecule has 2 aromatic carbocycles. The lowest BCUT2D eigenvalue weighted by molar-refractivity contribution is 0.200. The first-order valence-electron chi connectivity index (χ1n) is 5.70. The van der Waals surface area contributed by atoms with E-state index < -0.39 is 6.10 Å². The van der Waals surface area contributed by atoms with E-state index in [4.69, 9.17) is 0 Å². The number of rotatable bonds is 1. The number of aromatic nitrogens is 2. The lowest BCUT2D eigenvalue weighted by Gasteiger charge is -2.09. The lowest BCUT2D eigenvalue weighted by Crippen LogP contribution is -1.96. The number of aliphatic hydroxyl groups excluding tert-OH is 1. The Bertz CT molecular complexity index is 740. The molecule has 3 aromatic rings. The second kappa shape index (κ2) is 4.30. The molecule has 0 aliphatic carbocycles. The standard InChI is InChI=1S/C14H11BrN2O/c1-8(18)9-4-2-6-11-13(9)16-12-7-3-5-10(15)14(12)17-11/h2-8,18H,1H3/t8-/m1/s1. The Labute approximate surface area is 113 Å². The highest BCUT2D eigenvalue weighted by Crippen LogP contribution is 2.26. The van der Waals surface area contributed by atoms with Crippen LogP contribution in [-0.2, 0) is 0 Å². The normalized spacial score (nSPS) is 13.1. The van der Waals surface area contributed by atoms with Crippen LogP contribution in [0.15, 0.2) is 40.9 Å². The minimum absolute atomic E-state index is 0.549. The Morgan fingerprint density at radius 1 is 1.00 bits per heavy atom. The Morgan fingerprint density at radius 3 is 2.33 bits per heavy atom. The minimum Gasteiger partial charge on any atom is -0.389 e. The van der Waals surface area contributed by atoms with Gasteiger partial charge in [0.1, 0.15) is 5.52 Å². The van der Waals surface area contributed by atoms with E-state index in [9.17, 15) is 5.11 Å². The Balaban J connectivity index is 2.45. The van der Waals surface area contributed by atoms with Gasteiger partial charge in [-0.1, -0.05) is 18.2 Å². The summed E-state index contributed by atoms with van der Waals surface area (Å²) < 4.78 is 0.928. The van der Waals surface area contributed by atoms with E-state index in [0.29, 0.717) is 0 Å². The summed E-state index contributed by atoms with van der Waals surface area (Å²) in [7, 11) is 0. The van der Waals surface area contributed by atoms with Crippen LogP contribution in [0.2, 0.25) is 0 Å². The van der Waals surface area contributed by atoms with E-state index in [0.717, 1.165) is 32.1 Å². The predicted octanol–water partition coefficient (Wildman–Crippen LogP) is 3.60. The molecule has 3 rings (SSSR count). The average molecular weight is 303 g/mol. The summed E-state index contributed by atoms with van der Waals surface area (Å²) in [5.74, 6) is 0. The number of nitrogens with zero attached hydrogens (tertiary/aromatic N) is 2. The molecule has 3 nitrogen and oxygen atoms in total. The van der Waals surface area contributed by atoms with Crippen molar-refractivity contribution in [2.24, 2.45) is 0 Å². The summed E-state index contributed by atoms with van der Waals surface area (Å²) in [6.45, 7) is 1.74. The van der Waals surface area contributed by atoms with Crippen LogP contribution < -0.4 is 0 Å². The second-order valence-corrected chi connectivity index (χ2v) is 5.08. The number of benzene rings is 2. The number of fused-ring (bicyclic) bond motifs is 2. The fourth-order valence-corrected chi connectivity index (χ4v) is 2.49. The molecule has 0 radical (unpaired) electrons. The molecule has 18 heavy (non-hydrogen) atoms. The van der Waals surface area contributed by atoms with E-state index in [1.54, 1.807) is 6.92 Å². The van der Waals surface area contributed by atoms with E-state index in [2.05, 4.69) is 25.9 Å². The molecule has 1 aromatic heterocycles. The first-order valence-corrected chi connectivity index (χ1v) is 6.49. The molecule has 0 bridgehead atoms.